The molecule has 0 fully saturated rings. The molecule has 2 heterocycles. The molecule has 2 aromatic rings. The maximum absolute atomic E-state index is 12.4. The van der Waals surface area contributed by atoms with Crippen LogP contribution in [0.3, 0.4) is 0 Å². The van der Waals surface area contributed by atoms with Crippen LogP contribution in [0.1, 0.15) is 34.2 Å². The summed E-state index contributed by atoms with van der Waals surface area (Å²) in [5, 5.41) is 7.47. The number of hydrogen-bond donors (Lipinski definition) is 1. The van der Waals surface area contributed by atoms with Crippen molar-refractivity contribution in [3.63, 3.8) is 0 Å². The predicted octanol–water partition coefficient (Wildman–Crippen LogP) is 1.86. The number of aryl methyl sites for hydroxylation is 2. The van der Waals surface area contributed by atoms with E-state index in [1.54, 1.807) is 18.3 Å². The van der Waals surface area contributed by atoms with Gasteiger partial charge < -0.3 is 10.2 Å². The number of carbonyl (C=O) groups is 1. The second kappa shape index (κ2) is 6.81. The van der Waals surface area contributed by atoms with E-state index in [1.165, 1.54) is 5.56 Å². The summed E-state index contributed by atoms with van der Waals surface area (Å²) in [4.78, 5) is 18.5. The highest BCUT2D eigenvalue weighted by atomic mass is 16.1. The van der Waals surface area contributed by atoms with Crippen molar-refractivity contribution in [1.82, 2.24) is 20.1 Å². The van der Waals surface area contributed by atoms with Gasteiger partial charge in [-0.05, 0) is 44.9 Å². The molecule has 0 saturated heterocycles. The molecule has 0 radical (unpaired) electrons. The molecule has 23 heavy (non-hydrogen) atoms. The molecule has 1 atom stereocenters. The molecule has 0 aromatic carbocycles. The standard InChI is InChI=1S/C17H25N5O/c1-11(9-15-12(2)20-22(6)13(15)3)19-17(23)14-7-8-18-16(10-14)21(4)5/h7-8,10-11H,9H2,1-6H3,(H,19,23). The fraction of sp³-hybridized carbons (Fsp3) is 0.471. The van der Waals surface area contributed by atoms with E-state index in [0.29, 0.717) is 5.56 Å². The Balaban J connectivity index is 2.06. The van der Waals surface area contributed by atoms with Gasteiger partial charge >= 0.3 is 0 Å². The van der Waals surface area contributed by atoms with Gasteiger partial charge in [-0.15, -0.1) is 0 Å². The second-order valence-electron chi connectivity index (χ2n) is 6.15. The molecule has 0 saturated carbocycles. The van der Waals surface area contributed by atoms with Gasteiger partial charge in [-0.25, -0.2) is 4.98 Å². The Morgan fingerprint density at radius 3 is 2.65 bits per heavy atom. The Hall–Kier alpha value is -2.37. The molecule has 124 valence electrons. The third kappa shape index (κ3) is 3.88. The smallest absolute Gasteiger partial charge is 0.251 e. The third-order valence-corrected chi connectivity index (χ3v) is 4.01. The van der Waals surface area contributed by atoms with Gasteiger partial charge in [0.2, 0.25) is 0 Å². The molecule has 1 unspecified atom stereocenters. The molecule has 1 amide bonds. The molecule has 0 spiro atoms. The van der Waals surface area contributed by atoms with E-state index < -0.39 is 0 Å². The zero-order valence-electron chi connectivity index (χ0n) is 14.7. The van der Waals surface area contributed by atoms with Crippen LogP contribution in [0.2, 0.25) is 0 Å². The van der Waals surface area contributed by atoms with Crippen molar-refractivity contribution < 1.29 is 4.79 Å². The van der Waals surface area contributed by atoms with Crippen LogP contribution in [0.15, 0.2) is 18.3 Å². The summed E-state index contributed by atoms with van der Waals surface area (Å²) in [6.45, 7) is 6.07. The molecular weight excluding hydrogens is 290 g/mol. The van der Waals surface area contributed by atoms with Crippen molar-refractivity contribution in [2.45, 2.75) is 33.2 Å². The van der Waals surface area contributed by atoms with Crippen LogP contribution in [-0.2, 0) is 13.5 Å². The lowest BCUT2D eigenvalue weighted by molar-refractivity contribution is 0.0940. The lowest BCUT2D eigenvalue weighted by atomic mass is 10.0. The van der Waals surface area contributed by atoms with Crippen molar-refractivity contribution in [2.24, 2.45) is 7.05 Å². The quantitative estimate of drug-likeness (QED) is 0.915. The first kappa shape index (κ1) is 17.0. The summed E-state index contributed by atoms with van der Waals surface area (Å²) in [5.41, 5.74) is 3.98. The Labute approximate surface area is 137 Å². The SMILES string of the molecule is Cc1nn(C)c(C)c1CC(C)NC(=O)c1ccnc(N(C)C)c1. The Morgan fingerprint density at radius 2 is 2.09 bits per heavy atom. The second-order valence-corrected chi connectivity index (χ2v) is 6.15. The van der Waals surface area contributed by atoms with E-state index in [1.807, 2.05) is 44.6 Å². The highest BCUT2D eigenvalue weighted by Crippen LogP contribution is 2.15. The largest absolute Gasteiger partial charge is 0.363 e. The lowest BCUT2D eigenvalue weighted by Gasteiger charge is -2.16. The van der Waals surface area contributed by atoms with Crippen LogP contribution in [0.5, 0.6) is 0 Å². The summed E-state index contributed by atoms with van der Waals surface area (Å²) in [5.74, 6) is 0.687. The Bertz CT molecular complexity index is 705. The van der Waals surface area contributed by atoms with Crippen molar-refractivity contribution in [3.05, 3.63) is 40.8 Å². The molecular formula is C17H25N5O. The van der Waals surface area contributed by atoms with Crippen molar-refractivity contribution >= 4 is 11.7 Å². The van der Waals surface area contributed by atoms with E-state index in [0.717, 1.165) is 23.6 Å². The Kier molecular flexibility index (Phi) is 5.03. The number of nitrogens with zero attached hydrogens (tertiary/aromatic N) is 4. The molecule has 0 aliphatic carbocycles. The minimum atomic E-state index is -0.0813. The summed E-state index contributed by atoms with van der Waals surface area (Å²) in [6, 6.07) is 3.55. The van der Waals surface area contributed by atoms with Crippen LogP contribution in [0, 0.1) is 13.8 Å². The summed E-state index contributed by atoms with van der Waals surface area (Å²) >= 11 is 0. The van der Waals surface area contributed by atoms with E-state index in [9.17, 15) is 4.79 Å². The number of aromatic nitrogens is 3. The fourth-order valence-electron chi connectivity index (χ4n) is 2.58. The topological polar surface area (TPSA) is 63.1 Å². The average molecular weight is 315 g/mol. The average Bonchev–Trinajstić information content (AvgIpc) is 2.73. The minimum absolute atomic E-state index is 0.0278. The molecule has 0 bridgehead atoms. The number of anilines is 1. The lowest BCUT2D eigenvalue weighted by Crippen LogP contribution is -2.34. The number of nitrogens with one attached hydrogen (secondary N) is 1. The first-order valence-electron chi connectivity index (χ1n) is 7.73. The van der Waals surface area contributed by atoms with Crippen LogP contribution >= 0.6 is 0 Å². The number of pyridine rings is 1. The number of rotatable bonds is 5. The molecule has 0 aliphatic rings. The van der Waals surface area contributed by atoms with Crippen molar-refractivity contribution in [3.8, 4) is 0 Å². The van der Waals surface area contributed by atoms with Crippen LogP contribution in [0.4, 0.5) is 5.82 Å². The summed E-state index contributed by atoms with van der Waals surface area (Å²) in [7, 11) is 5.75. The molecule has 2 rings (SSSR count). The predicted molar refractivity (Wildman–Crippen MR) is 91.9 cm³/mol. The number of amides is 1. The third-order valence-electron chi connectivity index (χ3n) is 4.01. The first-order valence-corrected chi connectivity index (χ1v) is 7.73. The monoisotopic (exact) mass is 315 g/mol. The maximum atomic E-state index is 12.4. The zero-order valence-corrected chi connectivity index (χ0v) is 14.7. The Morgan fingerprint density at radius 1 is 1.39 bits per heavy atom. The van der Waals surface area contributed by atoms with Gasteiger partial charge in [-0.2, -0.15) is 5.10 Å². The van der Waals surface area contributed by atoms with Gasteiger partial charge in [0, 0.05) is 44.6 Å². The normalized spacial score (nSPS) is 12.1. The van der Waals surface area contributed by atoms with Crippen molar-refractivity contribution in [1.29, 1.82) is 0 Å². The van der Waals surface area contributed by atoms with E-state index in [2.05, 4.69) is 22.3 Å². The molecule has 6 nitrogen and oxygen atoms in total. The summed E-state index contributed by atoms with van der Waals surface area (Å²) < 4.78 is 1.88. The van der Waals surface area contributed by atoms with Gasteiger partial charge in [-0.1, -0.05) is 0 Å². The van der Waals surface area contributed by atoms with Crippen LogP contribution in [-0.4, -0.2) is 40.8 Å². The number of hydrogen-bond acceptors (Lipinski definition) is 4. The van der Waals surface area contributed by atoms with E-state index >= 15 is 0 Å². The highest BCUT2D eigenvalue weighted by Gasteiger charge is 2.16. The van der Waals surface area contributed by atoms with Crippen LogP contribution < -0.4 is 10.2 Å². The molecule has 6 heteroatoms. The molecule has 1 N–H and O–H groups in total. The van der Waals surface area contributed by atoms with Gasteiger partial charge in [0.15, 0.2) is 0 Å². The van der Waals surface area contributed by atoms with E-state index in [4.69, 9.17) is 0 Å². The molecule has 2 aromatic heterocycles. The van der Waals surface area contributed by atoms with Crippen LogP contribution in [0.25, 0.3) is 0 Å². The van der Waals surface area contributed by atoms with E-state index in [-0.39, 0.29) is 11.9 Å². The fourth-order valence-corrected chi connectivity index (χ4v) is 2.58. The maximum Gasteiger partial charge on any atom is 0.251 e. The minimum Gasteiger partial charge on any atom is -0.363 e. The van der Waals surface area contributed by atoms with Gasteiger partial charge in [0.05, 0.1) is 5.69 Å². The van der Waals surface area contributed by atoms with Gasteiger partial charge in [-0.3, -0.25) is 9.48 Å². The molecule has 0 aliphatic heterocycles. The van der Waals surface area contributed by atoms with Crippen molar-refractivity contribution in [2.75, 3.05) is 19.0 Å². The van der Waals surface area contributed by atoms with Gasteiger partial charge in [0.25, 0.3) is 5.91 Å². The van der Waals surface area contributed by atoms with Gasteiger partial charge in [0.1, 0.15) is 5.82 Å². The number of carbonyl (C=O) groups excluding carboxylic acids is 1. The highest BCUT2D eigenvalue weighted by molar-refractivity contribution is 5.95. The summed E-state index contributed by atoms with van der Waals surface area (Å²) in [6.07, 6.45) is 2.42. The first-order chi connectivity index (χ1) is 10.8. The zero-order chi connectivity index (χ0) is 17.1.